The van der Waals surface area contributed by atoms with Crippen molar-refractivity contribution in [3.05, 3.63) is 18.3 Å². The first kappa shape index (κ1) is 16.8. The molecule has 1 aromatic rings. The van der Waals surface area contributed by atoms with E-state index in [4.69, 9.17) is 0 Å². The number of anilines is 1. The molecule has 7 heteroatoms. The molecule has 2 rings (SSSR count). The summed E-state index contributed by atoms with van der Waals surface area (Å²) in [6.07, 6.45) is 2.79. The molecule has 1 aliphatic heterocycles. The van der Waals surface area contributed by atoms with E-state index in [2.05, 4.69) is 15.2 Å². The topological polar surface area (TPSA) is 65.5 Å². The molecule has 0 saturated heterocycles. The first-order valence-electron chi connectivity index (χ1n) is 7.29. The second-order valence-electron chi connectivity index (χ2n) is 5.54. The lowest BCUT2D eigenvalue weighted by molar-refractivity contribution is -0.124. The van der Waals surface area contributed by atoms with Crippen molar-refractivity contribution in [2.75, 3.05) is 39.1 Å². The number of pyridine rings is 1. The molecule has 22 heavy (non-hydrogen) atoms. The Morgan fingerprint density at radius 3 is 3.00 bits per heavy atom. The van der Waals surface area contributed by atoms with Gasteiger partial charge in [0, 0.05) is 26.2 Å². The Kier molecular flexibility index (Phi) is 5.79. The fourth-order valence-corrected chi connectivity index (χ4v) is 3.45. The Hall–Kier alpha value is -1.60. The van der Waals surface area contributed by atoms with Gasteiger partial charge < -0.3 is 15.1 Å². The van der Waals surface area contributed by atoms with Gasteiger partial charge in [0.15, 0.2) is 0 Å². The van der Waals surface area contributed by atoms with Crippen LogP contribution in [0.5, 0.6) is 0 Å². The number of aromatic nitrogens is 1. The van der Waals surface area contributed by atoms with Crippen molar-refractivity contribution in [1.29, 1.82) is 0 Å². The number of carbonyl (C=O) groups is 2. The van der Waals surface area contributed by atoms with Crippen molar-refractivity contribution in [3.63, 3.8) is 0 Å². The van der Waals surface area contributed by atoms with Crippen LogP contribution in [0.25, 0.3) is 0 Å². The van der Waals surface area contributed by atoms with Crippen LogP contribution >= 0.6 is 11.8 Å². The fraction of sp³-hybridized carbons (Fsp3) is 0.533. The molecule has 0 aliphatic carbocycles. The number of amides is 2. The van der Waals surface area contributed by atoms with Crippen LogP contribution in [0.4, 0.5) is 5.69 Å². The molecule has 0 saturated carbocycles. The molecule has 0 fully saturated rings. The molecule has 1 N–H and O–H groups in total. The van der Waals surface area contributed by atoms with Gasteiger partial charge in [-0.1, -0.05) is 11.8 Å². The molecular formula is C15H22N4O2S. The third kappa shape index (κ3) is 4.20. The predicted octanol–water partition coefficient (Wildman–Crippen LogP) is 0.977. The van der Waals surface area contributed by atoms with Crippen LogP contribution in [-0.4, -0.2) is 61.2 Å². The molecule has 0 aromatic carbocycles. The second kappa shape index (κ2) is 7.60. The van der Waals surface area contributed by atoms with Crippen molar-refractivity contribution in [2.45, 2.75) is 23.1 Å². The van der Waals surface area contributed by atoms with Crippen molar-refractivity contribution in [2.24, 2.45) is 0 Å². The van der Waals surface area contributed by atoms with E-state index in [-0.39, 0.29) is 18.2 Å². The molecule has 0 radical (unpaired) electrons. The van der Waals surface area contributed by atoms with Gasteiger partial charge in [-0.05, 0) is 39.2 Å². The maximum absolute atomic E-state index is 12.3. The minimum Gasteiger partial charge on any atom is -0.356 e. The van der Waals surface area contributed by atoms with E-state index in [0.717, 1.165) is 23.7 Å². The Morgan fingerprint density at radius 2 is 2.27 bits per heavy atom. The highest BCUT2D eigenvalue weighted by atomic mass is 32.2. The molecule has 1 aromatic heterocycles. The van der Waals surface area contributed by atoms with E-state index in [1.807, 2.05) is 20.2 Å². The van der Waals surface area contributed by atoms with Crippen LogP contribution in [0.2, 0.25) is 0 Å². The van der Waals surface area contributed by atoms with E-state index in [0.29, 0.717) is 6.54 Å². The minimum atomic E-state index is -0.402. The SMILES string of the molecule is CN(C)CCCNC(=O)CC1Sc2ncccc2N(C)C1=O. The van der Waals surface area contributed by atoms with E-state index >= 15 is 0 Å². The Labute approximate surface area is 135 Å². The van der Waals surface area contributed by atoms with Gasteiger partial charge in [0.1, 0.15) is 5.03 Å². The maximum atomic E-state index is 12.3. The summed E-state index contributed by atoms with van der Waals surface area (Å²) in [5.41, 5.74) is 0.806. The third-order valence-electron chi connectivity index (χ3n) is 3.45. The second-order valence-corrected chi connectivity index (χ2v) is 6.73. The number of fused-ring (bicyclic) bond motifs is 1. The van der Waals surface area contributed by atoms with Crippen LogP contribution in [0.1, 0.15) is 12.8 Å². The van der Waals surface area contributed by atoms with Crippen LogP contribution in [0.15, 0.2) is 23.4 Å². The van der Waals surface area contributed by atoms with Gasteiger partial charge in [-0.2, -0.15) is 0 Å². The number of nitrogens with zero attached hydrogens (tertiary/aromatic N) is 3. The highest BCUT2D eigenvalue weighted by Gasteiger charge is 2.33. The van der Waals surface area contributed by atoms with Crippen LogP contribution in [0, 0.1) is 0 Å². The molecule has 0 bridgehead atoms. The van der Waals surface area contributed by atoms with Crippen molar-refractivity contribution >= 4 is 29.3 Å². The summed E-state index contributed by atoms with van der Waals surface area (Å²) >= 11 is 1.37. The highest BCUT2D eigenvalue weighted by molar-refractivity contribution is 8.00. The number of nitrogens with one attached hydrogen (secondary N) is 1. The summed E-state index contributed by atoms with van der Waals surface area (Å²) in [5, 5.41) is 3.27. The van der Waals surface area contributed by atoms with Gasteiger partial charge in [-0.15, -0.1) is 0 Å². The van der Waals surface area contributed by atoms with Crippen molar-refractivity contribution in [1.82, 2.24) is 15.2 Å². The van der Waals surface area contributed by atoms with Crippen molar-refractivity contribution < 1.29 is 9.59 Å². The van der Waals surface area contributed by atoms with E-state index in [9.17, 15) is 9.59 Å². The quantitative estimate of drug-likeness (QED) is 0.791. The van der Waals surface area contributed by atoms with Gasteiger partial charge >= 0.3 is 0 Å². The molecule has 0 spiro atoms. The molecular weight excluding hydrogens is 300 g/mol. The lowest BCUT2D eigenvalue weighted by atomic mass is 10.2. The molecule has 6 nitrogen and oxygen atoms in total. The molecule has 120 valence electrons. The van der Waals surface area contributed by atoms with Crippen LogP contribution < -0.4 is 10.2 Å². The highest BCUT2D eigenvalue weighted by Crippen LogP contribution is 2.37. The fourth-order valence-electron chi connectivity index (χ4n) is 2.24. The Bertz CT molecular complexity index is 550. The predicted molar refractivity (Wildman–Crippen MR) is 88.1 cm³/mol. The van der Waals surface area contributed by atoms with Gasteiger partial charge in [0.25, 0.3) is 0 Å². The molecule has 1 atom stereocenters. The first-order chi connectivity index (χ1) is 10.5. The van der Waals surface area contributed by atoms with E-state index < -0.39 is 5.25 Å². The molecule has 2 heterocycles. The van der Waals surface area contributed by atoms with Crippen molar-refractivity contribution in [3.8, 4) is 0 Å². The number of rotatable bonds is 6. The van der Waals surface area contributed by atoms with Crippen LogP contribution in [0.3, 0.4) is 0 Å². The van der Waals surface area contributed by atoms with Gasteiger partial charge in [-0.25, -0.2) is 4.98 Å². The normalized spacial score (nSPS) is 17.5. The molecule has 2 amide bonds. The van der Waals surface area contributed by atoms with Crippen LogP contribution in [-0.2, 0) is 9.59 Å². The van der Waals surface area contributed by atoms with Gasteiger partial charge in [0.2, 0.25) is 11.8 Å². The summed E-state index contributed by atoms with van der Waals surface area (Å²) in [5.74, 6) is -0.133. The maximum Gasteiger partial charge on any atom is 0.240 e. The zero-order valence-electron chi connectivity index (χ0n) is 13.2. The average molecular weight is 322 g/mol. The molecule has 1 unspecified atom stereocenters. The zero-order valence-corrected chi connectivity index (χ0v) is 14.0. The summed E-state index contributed by atoms with van der Waals surface area (Å²) in [7, 11) is 5.73. The summed E-state index contributed by atoms with van der Waals surface area (Å²) in [4.78, 5) is 32.3. The van der Waals surface area contributed by atoms with Gasteiger partial charge in [-0.3, -0.25) is 9.59 Å². The minimum absolute atomic E-state index is 0.0473. The summed E-state index contributed by atoms with van der Waals surface area (Å²) < 4.78 is 0. The monoisotopic (exact) mass is 322 g/mol. The zero-order chi connectivity index (χ0) is 16.1. The number of carbonyl (C=O) groups excluding carboxylic acids is 2. The van der Waals surface area contributed by atoms with E-state index in [1.165, 1.54) is 11.8 Å². The largest absolute Gasteiger partial charge is 0.356 e. The Balaban J connectivity index is 1.88. The average Bonchev–Trinajstić information content (AvgIpc) is 2.49. The number of thioether (sulfide) groups is 1. The van der Waals surface area contributed by atoms with E-state index in [1.54, 1.807) is 24.2 Å². The third-order valence-corrected chi connectivity index (χ3v) is 4.64. The lowest BCUT2D eigenvalue weighted by Crippen LogP contribution is -2.41. The molecule has 1 aliphatic rings. The summed E-state index contributed by atoms with van der Waals surface area (Å²) in [6.45, 7) is 1.56. The number of hydrogen-bond acceptors (Lipinski definition) is 5. The number of hydrogen-bond donors (Lipinski definition) is 1. The first-order valence-corrected chi connectivity index (χ1v) is 8.17. The Morgan fingerprint density at radius 1 is 1.50 bits per heavy atom. The summed E-state index contributed by atoms with van der Waals surface area (Å²) in [6, 6.07) is 3.67. The lowest BCUT2D eigenvalue weighted by Gasteiger charge is -2.29. The van der Waals surface area contributed by atoms with Gasteiger partial charge in [0.05, 0.1) is 10.9 Å². The standard InChI is InChI=1S/C15H22N4O2S/c1-18(2)9-5-8-16-13(20)10-12-15(21)19(3)11-6-4-7-17-14(11)22-12/h4,6-7,12H,5,8-10H2,1-3H3,(H,16,20). The smallest absolute Gasteiger partial charge is 0.240 e.